The summed E-state index contributed by atoms with van der Waals surface area (Å²) in [4.78, 5) is 54.8. The Morgan fingerprint density at radius 3 is 0.387 bits per heavy atom. The summed E-state index contributed by atoms with van der Waals surface area (Å²) in [6.45, 7) is 17.4. The minimum atomic E-state index is -1.23. The number of hydrogen-bond acceptors (Lipinski definition) is 12. The van der Waals surface area contributed by atoms with Gasteiger partial charge in [-0.15, -0.1) is 0 Å². The van der Waals surface area contributed by atoms with Crippen molar-refractivity contribution in [1.82, 2.24) is 0 Å². The van der Waals surface area contributed by atoms with Crippen molar-refractivity contribution in [2.45, 2.75) is 0 Å². The molecule has 0 bridgehead atoms. The molecule has 0 fully saturated rings. The van der Waals surface area contributed by atoms with Crippen LogP contribution < -0.4 is 30.6 Å². The number of carbonyl (C=O) groups excluding carboxylic acids is 6. The van der Waals surface area contributed by atoms with Crippen molar-refractivity contribution in [3.63, 3.8) is 0 Å². The van der Waals surface area contributed by atoms with Crippen molar-refractivity contribution >= 4 is 35.8 Å². The van der Waals surface area contributed by atoms with Crippen LogP contribution in [0.4, 0.5) is 0 Å². The van der Waals surface area contributed by atoms with E-state index >= 15 is 0 Å². The largest absolute Gasteiger partial charge is 0.545 e. The second kappa shape index (κ2) is 40.6. The first kappa shape index (κ1) is 45.6. The Balaban J connectivity index is -0.0000000443. The van der Waals surface area contributed by atoms with Crippen molar-refractivity contribution in [2.24, 2.45) is 0 Å². The normalized spacial score (nSPS) is 6.19. The van der Waals surface area contributed by atoms with Gasteiger partial charge in [0.1, 0.15) is 0 Å². The molecule has 0 radical (unpaired) electrons. The molecule has 0 atom stereocenters. The van der Waals surface area contributed by atoms with Gasteiger partial charge in [0, 0.05) is 21.1 Å². The summed E-state index contributed by atoms with van der Waals surface area (Å²) < 4.78 is 0. The molecule has 0 aliphatic heterocycles. The van der Waals surface area contributed by atoms with Crippen LogP contribution in [0.2, 0.25) is 0 Å². The number of carboxylic acids is 6. The van der Waals surface area contributed by atoms with E-state index in [1.54, 1.807) is 0 Å². The Labute approximate surface area is 192 Å². The van der Waals surface area contributed by atoms with Crippen LogP contribution in [0.5, 0.6) is 0 Å². The van der Waals surface area contributed by atoms with Crippen molar-refractivity contribution in [3.8, 4) is 0 Å². The number of carbonyl (C=O) groups is 6. The summed E-state index contributed by atoms with van der Waals surface area (Å²) >= 11 is 0. The molecule has 0 saturated heterocycles. The SMILES string of the molecule is C=CC(=O)[O-].C=CC(=O)[O-].C=CC(=O)[O-].C=CC(=O)[O-].C=CC(=O)[O-].C=CC(=O)[O-].[W]. The Kier molecular flexibility index (Phi) is 59.7. The molecule has 0 rings (SSSR count). The molecule has 13 heteroatoms. The van der Waals surface area contributed by atoms with Crippen molar-refractivity contribution in [1.29, 1.82) is 0 Å². The molecule has 0 aromatic carbocycles. The molecule has 0 aliphatic rings. The van der Waals surface area contributed by atoms with E-state index in [9.17, 15) is 0 Å². The molecule has 31 heavy (non-hydrogen) atoms. The van der Waals surface area contributed by atoms with Gasteiger partial charge in [-0.1, -0.05) is 39.5 Å². The van der Waals surface area contributed by atoms with E-state index in [0.29, 0.717) is 0 Å². The van der Waals surface area contributed by atoms with Gasteiger partial charge in [0.05, 0.1) is 35.8 Å². The quantitative estimate of drug-likeness (QED) is 0.255. The van der Waals surface area contributed by atoms with Crippen LogP contribution >= 0.6 is 0 Å². The van der Waals surface area contributed by atoms with E-state index in [4.69, 9.17) is 59.4 Å². The van der Waals surface area contributed by atoms with Crippen LogP contribution in [0.3, 0.4) is 0 Å². The van der Waals surface area contributed by atoms with E-state index in [-0.39, 0.29) is 21.1 Å². The van der Waals surface area contributed by atoms with E-state index in [1.807, 2.05) is 0 Å². The summed E-state index contributed by atoms with van der Waals surface area (Å²) in [5, 5.41) is 54.8. The minimum absolute atomic E-state index is 0. The number of rotatable bonds is 6. The van der Waals surface area contributed by atoms with Gasteiger partial charge < -0.3 is 59.4 Å². The second-order valence-corrected chi connectivity index (χ2v) is 3.14. The predicted molar refractivity (Wildman–Crippen MR) is 91.2 cm³/mol. The monoisotopic (exact) mass is 610 g/mol. The van der Waals surface area contributed by atoms with Crippen LogP contribution in [0.15, 0.2) is 75.9 Å². The fraction of sp³-hybridized carbons (Fsp3) is 0. The fourth-order valence-corrected chi connectivity index (χ4v) is 0. The van der Waals surface area contributed by atoms with Crippen LogP contribution in [0.1, 0.15) is 0 Å². The third-order valence-electron chi connectivity index (χ3n) is 1.00. The molecular formula is C18H18O12W-6. The number of carboxylic acid groups (broad SMARTS) is 6. The summed E-state index contributed by atoms with van der Waals surface area (Å²) in [5.74, 6) is -7.39. The number of aliphatic carboxylic acids is 6. The molecular weight excluding hydrogens is 592 g/mol. The average Bonchev–Trinajstić information content (AvgIpc) is 2.69. The zero-order valence-corrected chi connectivity index (χ0v) is 18.9. The van der Waals surface area contributed by atoms with Crippen LogP contribution in [0.25, 0.3) is 0 Å². The van der Waals surface area contributed by atoms with E-state index in [0.717, 1.165) is 36.5 Å². The maximum atomic E-state index is 9.14. The van der Waals surface area contributed by atoms with Crippen molar-refractivity contribution < 1.29 is 80.5 Å². The Morgan fingerprint density at radius 2 is 0.387 bits per heavy atom. The van der Waals surface area contributed by atoms with Gasteiger partial charge >= 0.3 is 0 Å². The third kappa shape index (κ3) is 236. The maximum absolute atomic E-state index is 9.14. The van der Waals surface area contributed by atoms with Crippen molar-refractivity contribution in [2.75, 3.05) is 0 Å². The van der Waals surface area contributed by atoms with Crippen molar-refractivity contribution in [3.05, 3.63) is 75.9 Å². The standard InChI is InChI=1S/6C3H4O2.W/c6*1-2-3(4)5;/h6*2H,1H2,(H,4,5);/p-6. The van der Waals surface area contributed by atoms with E-state index in [1.165, 1.54) is 0 Å². The summed E-state index contributed by atoms with van der Waals surface area (Å²) in [6, 6.07) is 0. The fourth-order valence-electron chi connectivity index (χ4n) is 0. The molecule has 174 valence electrons. The van der Waals surface area contributed by atoms with Gasteiger partial charge in [0.2, 0.25) is 0 Å². The number of hydrogen-bond donors (Lipinski definition) is 0. The minimum Gasteiger partial charge on any atom is -0.545 e. The molecule has 12 nitrogen and oxygen atoms in total. The van der Waals surface area contributed by atoms with Gasteiger partial charge in [-0.25, -0.2) is 0 Å². The molecule has 0 aromatic rings. The molecule has 0 saturated carbocycles. The van der Waals surface area contributed by atoms with Gasteiger partial charge in [0.25, 0.3) is 0 Å². The molecule has 0 N–H and O–H groups in total. The first-order valence-electron chi connectivity index (χ1n) is 6.63. The van der Waals surface area contributed by atoms with E-state index in [2.05, 4.69) is 39.5 Å². The topological polar surface area (TPSA) is 241 Å². The molecule has 0 unspecified atom stereocenters. The molecule has 0 amide bonds. The summed E-state index contributed by atoms with van der Waals surface area (Å²) in [6.07, 6.45) is 4.33. The molecule has 0 heterocycles. The first-order valence-corrected chi connectivity index (χ1v) is 6.63. The van der Waals surface area contributed by atoms with Gasteiger partial charge in [0.15, 0.2) is 0 Å². The smallest absolute Gasteiger partial charge is 0.0636 e. The van der Waals surface area contributed by atoms with E-state index < -0.39 is 35.8 Å². The summed E-state index contributed by atoms with van der Waals surface area (Å²) in [7, 11) is 0. The Hall–Kier alpha value is -4.05. The maximum Gasteiger partial charge on any atom is 0.0636 e. The van der Waals surface area contributed by atoms with Gasteiger partial charge in [-0.3, -0.25) is 0 Å². The van der Waals surface area contributed by atoms with Crippen LogP contribution in [-0.4, -0.2) is 35.8 Å². The van der Waals surface area contributed by atoms with Crippen LogP contribution in [0, 0.1) is 0 Å². The molecule has 0 aromatic heterocycles. The van der Waals surface area contributed by atoms with Crippen LogP contribution in [-0.2, 0) is 49.8 Å². The second-order valence-electron chi connectivity index (χ2n) is 3.14. The first-order chi connectivity index (χ1) is 13.6. The van der Waals surface area contributed by atoms with Gasteiger partial charge in [-0.05, 0) is 36.5 Å². The Bertz CT molecular complexity index is 481. The third-order valence-corrected chi connectivity index (χ3v) is 1.00. The summed E-state index contributed by atoms with van der Waals surface area (Å²) in [5.41, 5.74) is 0. The predicted octanol–water partition coefficient (Wildman–Crippen LogP) is -6.47. The zero-order chi connectivity index (χ0) is 25.7. The zero-order valence-electron chi connectivity index (χ0n) is 16.0. The van der Waals surface area contributed by atoms with Gasteiger partial charge in [-0.2, -0.15) is 0 Å². The molecule has 0 aliphatic carbocycles. The Morgan fingerprint density at radius 1 is 0.355 bits per heavy atom. The molecule has 0 spiro atoms. The average molecular weight is 610 g/mol.